The lowest BCUT2D eigenvalue weighted by atomic mass is 10.1. The minimum Gasteiger partial charge on any atom is -0.373 e. The highest BCUT2D eigenvalue weighted by Gasteiger charge is 2.26. The van der Waals surface area contributed by atoms with Gasteiger partial charge in [0.2, 0.25) is 11.8 Å². The third-order valence-corrected chi connectivity index (χ3v) is 5.04. The van der Waals surface area contributed by atoms with E-state index in [4.69, 9.17) is 0 Å². The van der Waals surface area contributed by atoms with E-state index in [2.05, 4.69) is 31.9 Å². The van der Waals surface area contributed by atoms with Crippen molar-refractivity contribution < 1.29 is 9.59 Å². The zero-order valence-corrected chi connectivity index (χ0v) is 15.3. The Morgan fingerprint density at radius 3 is 2.50 bits per heavy atom. The zero-order chi connectivity index (χ0) is 18.1. The molecule has 26 heavy (non-hydrogen) atoms. The predicted molar refractivity (Wildman–Crippen MR) is 107 cm³/mol. The lowest BCUT2D eigenvalue weighted by Crippen LogP contribution is -2.36. The highest BCUT2D eigenvalue weighted by atomic mass is 79.9. The Labute approximate surface area is 158 Å². The van der Waals surface area contributed by atoms with Crippen molar-refractivity contribution in [3.63, 3.8) is 0 Å². The van der Waals surface area contributed by atoms with E-state index in [0.29, 0.717) is 5.69 Å². The molecule has 2 amide bonds. The van der Waals surface area contributed by atoms with Crippen molar-refractivity contribution in [3.8, 4) is 0 Å². The molecule has 1 aliphatic heterocycles. The second-order valence-corrected chi connectivity index (χ2v) is 6.98. The van der Waals surface area contributed by atoms with Gasteiger partial charge in [0.25, 0.3) is 0 Å². The second kappa shape index (κ2) is 6.80. The highest BCUT2D eigenvalue weighted by Crippen LogP contribution is 2.33. The Kier molecular flexibility index (Phi) is 4.34. The molecule has 0 aliphatic carbocycles. The molecule has 0 fully saturated rings. The quantitative estimate of drug-likeness (QED) is 0.601. The molecule has 0 saturated carbocycles. The van der Waals surface area contributed by atoms with Gasteiger partial charge in [-0.15, -0.1) is 0 Å². The molecule has 3 aromatic rings. The minimum absolute atomic E-state index is 0.0253. The monoisotopic (exact) mass is 409 g/mol. The number of carbonyl (C=O) groups excluding carboxylic acids is 2. The predicted octanol–water partition coefficient (Wildman–Crippen LogP) is 4.36. The van der Waals surface area contributed by atoms with Crippen LogP contribution in [0.25, 0.3) is 10.8 Å². The molecule has 1 heterocycles. The normalized spacial score (nSPS) is 15.7. The Balaban J connectivity index is 1.57. The molecule has 5 nitrogen and oxygen atoms in total. The molecule has 3 N–H and O–H groups in total. The third-order valence-electron chi connectivity index (χ3n) is 4.35. The number of nitrogens with one attached hydrogen (secondary N) is 3. The maximum Gasteiger partial charge on any atom is 0.247 e. The molecule has 0 aromatic heterocycles. The van der Waals surface area contributed by atoms with Crippen LogP contribution in [0.5, 0.6) is 0 Å². The topological polar surface area (TPSA) is 70.2 Å². The summed E-state index contributed by atoms with van der Waals surface area (Å²) >= 11 is 3.40. The molecular formula is C20H16BrN3O2. The Morgan fingerprint density at radius 1 is 1.00 bits per heavy atom. The van der Waals surface area contributed by atoms with E-state index < -0.39 is 6.04 Å². The first kappa shape index (κ1) is 16.6. The molecular weight excluding hydrogens is 394 g/mol. The van der Waals surface area contributed by atoms with E-state index >= 15 is 0 Å². The summed E-state index contributed by atoms with van der Waals surface area (Å²) in [6.45, 7) is 0. The summed E-state index contributed by atoms with van der Waals surface area (Å²) < 4.78 is 0.795. The van der Waals surface area contributed by atoms with Gasteiger partial charge >= 0.3 is 0 Å². The molecule has 0 bridgehead atoms. The van der Waals surface area contributed by atoms with Crippen molar-refractivity contribution in [3.05, 3.63) is 65.1 Å². The number of anilines is 3. The van der Waals surface area contributed by atoms with Crippen LogP contribution in [-0.4, -0.2) is 17.9 Å². The molecule has 0 saturated heterocycles. The van der Waals surface area contributed by atoms with Crippen LogP contribution in [0.2, 0.25) is 0 Å². The molecule has 1 atom stereocenters. The maximum absolute atomic E-state index is 12.6. The van der Waals surface area contributed by atoms with Gasteiger partial charge in [0, 0.05) is 15.5 Å². The Bertz CT molecular complexity index is 1010. The number of halogens is 1. The van der Waals surface area contributed by atoms with Gasteiger partial charge in [-0.25, -0.2) is 0 Å². The van der Waals surface area contributed by atoms with Crippen molar-refractivity contribution in [1.82, 2.24) is 0 Å². The molecule has 0 unspecified atom stereocenters. The second-order valence-electron chi connectivity index (χ2n) is 6.13. The Morgan fingerprint density at radius 2 is 1.73 bits per heavy atom. The van der Waals surface area contributed by atoms with Crippen LogP contribution < -0.4 is 16.0 Å². The van der Waals surface area contributed by atoms with Gasteiger partial charge < -0.3 is 16.0 Å². The Hall–Kier alpha value is -2.86. The summed E-state index contributed by atoms with van der Waals surface area (Å²) in [5, 5.41) is 11.0. The smallest absolute Gasteiger partial charge is 0.247 e. The summed E-state index contributed by atoms with van der Waals surface area (Å²) in [5.74, 6) is -0.460. The van der Waals surface area contributed by atoms with E-state index in [1.165, 1.54) is 0 Å². The van der Waals surface area contributed by atoms with E-state index in [1.54, 1.807) is 6.07 Å². The molecule has 6 heteroatoms. The number of benzene rings is 3. The van der Waals surface area contributed by atoms with Gasteiger partial charge in [0.1, 0.15) is 6.04 Å². The first-order chi connectivity index (χ1) is 12.6. The SMILES string of the molecule is O=C(C[C@H]1Nc2cccc3cccc(c23)NC1=O)Nc1ccccc1Br. The fourth-order valence-electron chi connectivity index (χ4n) is 3.13. The first-order valence-corrected chi connectivity index (χ1v) is 9.04. The largest absolute Gasteiger partial charge is 0.373 e. The van der Waals surface area contributed by atoms with E-state index in [-0.39, 0.29) is 18.2 Å². The average Bonchev–Trinajstić information content (AvgIpc) is 2.76. The van der Waals surface area contributed by atoms with E-state index in [0.717, 1.165) is 26.6 Å². The van der Waals surface area contributed by atoms with Crippen LogP contribution in [0, 0.1) is 0 Å². The summed E-state index contributed by atoms with van der Waals surface area (Å²) in [6, 6.07) is 18.3. The number of rotatable bonds is 3. The van der Waals surface area contributed by atoms with Crippen molar-refractivity contribution >= 4 is 55.6 Å². The summed E-state index contributed by atoms with van der Waals surface area (Å²) in [6.07, 6.45) is 0.0253. The highest BCUT2D eigenvalue weighted by molar-refractivity contribution is 9.10. The average molecular weight is 410 g/mol. The molecule has 0 radical (unpaired) electrons. The van der Waals surface area contributed by atoms with E-state index in [1.807, 2.05) is 54.6 Å². The van der Waals surface area contributed by atoms with Gasteiger partial charge in [0.15, 0.2) is 0 Å². The van der Waals surface area contributed by atoms with Gasteiger partial charge in [-0.3, -0.25) is 9.59 Å². The van der Waals surface area contributed by atoms with Gasteiger partial charge in [-0.1, -0.05) is 36.4 Å². The number of hydrogen-bond donors (Lipinski definition) is 3. The maximum atomic E-state index is 12.6. The molecule has 130 valence electrons. The van der Waals surface area contributed by atoms with Crippen molar-refractivity contribution in [2.24, 2.45) is 0 Å². The lowest BCUT2D eigenvalue weighted by Gasteiger charge is -2.16. The van der Waals surface area contributed by atoms with Gasteiger partial charge in [-0.05, 0) is 45.6 Å². The molecule has 3 aromatic carbocycles. The summed E-state index contributed by atoms with van der Waals surface area (Å²) in [4.78, 5) is 25.1. The van der Waals surface area contributed by atoms with Crippen molar-refractivity contribution in [2.75, 3.05) is 16.0 Å². The minimum atomic E-state index is -0.657. The number of amides is 2. The van der Waals surface area contributed by atoms with Gasteiger partial charge in [0.05, 0.1) is 17.8 Å². The number of carbonyl (C=O) groups is 2. The summed E-state index contributed by atoms with van der Waals surface area (Å²) in [7, 11) is 0. The first-order valence-electron chi connectivity index (χ1n) is 8.25. The number of hydrogen-bond acceptors (Lipinski definition) is 3. The standard InChI is InChI=1S/C20H16BrN3O2/c21-13-7-1-2-8-14(13)23-18(25)11-17-20(26)24-16-10-4-6-12-5-3-9-15(22-17)19(12)16/h1-10,17,22H,11H2,(H,23,25)(H,24,26)/t17-/m1/s1. The summed E-state index contributed by atoms with van der Waals surface area (Å²) in [5.41, 5.74) is 2.27. The fraction of sp³-hybridized carbons (Fsp3) is 0.100. The van der Waals surface area contributed by atoms with Crippen molar-refractivity contribution in [2.45, 2.75) is 12.5 Å². The van der Waals surface area contributed by atoms with Crippen LogP contribution in [-0.2, 0) is 9.59 Å². The van der Waals surface area contributed by atoms with Crippen LogP contribution in [0.3, 0.4) is 0 Å². The molecule has 4 rings (SSSR count). The lowest BCUT2D eigenvalue weighted by molar-refractivity contribution is -0.121. The van der Waals surface area contributed by atoms with Crippen LogP contribution >= 0.6 is 15.9 Å². The van der Waals surface area contributed by atoms with Gasteiger partial charge in [-0.2, -0.15) is 0 Å². The van der Waals surface area contributed by atoms with Crippen LogP contribution in [0.4, 0.5) is 17.1 Å². The van der Waals surface area contributed by atoms with Crippen molar-refractivity contribution in [1.29, 1.82) is 0 Å². The van der Waals surface area contributed by atoms with Crippen LogP contribution in [0.1, 0.15) is 6.42 Å². The van der Waals surface area contributed by atoms with Crippen LogP contribution in [0.15, 0.2) is 65.1 Å². The third kappa shape index (κ3) is 3.15. The molecule has 1 aliphatic rings. The zero-order valence-electron chi connectivity index (χ0n) is 13.8. The molecule has 0 spiro atoms. The van der Waals surface area contributed by atoms with E-state index in [9.17, 15) is 9.59 Å². The fourth-order valence-corrected chi connectivity index (χ4v) is 3.52. The number of para-hydroxylation sites is 1.